The fourth-order valence-corrected chi connectivity index (χ4v) is 0.904. The van der Waals surface area contributed by atoms with Crippen LogP contribution in [-0.2, 0) is 6.42 Å². The van der Waals surface area contributed by atoms with E-state index in [4.69, 9.17) is 13.3 Å². The smallest absolute Gasteiger partial charge is 0.115 e. The predicted molar refractivity (Wildman–Crippen MR) is 50.4 cm³/mol. The Morgan fingerprint density at radius 2 is 2.00 bits per heavy atom. The molecule has 0 aromatic heterocycles. The van der Waals surface area contributed by atoms with Crippen LogP contribution < -0.4 is 0 Å². The molecule has 0 radical (unpaired) electrons. The maximum absolute atomic E-state index is 9.10. The summed E-state index contributed by atoms with van der Waals surface area (Å²) in [6, 6.07) is 6.22. The Bertz CT molecular complexity index is 369. The van der Waals surface area contributed by atoms with Gasteiger partial charge >= 0.3 is 0 Å². The lowest BCUT2D eigenvalue weighted by Gasteiger charge is -2.08. The number of aromatic hydroxyl groups is 1. The Labute approximate surface area is 81.9 Å². The van der Waals surface area contributed by atoms with Gasteiger partial charge < -0.3 is 10.0 Å². The Morgan fingerprint density at radius 1 is 1.33 bits per heavy atom. The molecule has 12 heavy (non-hydrogen) atoms. The molecule has 0 heterocycles. The largest absolute Gasteiger partial charge is 0.508 e. The Kier molecular flexibility index (Phi) is 1.30. The number of nitrogens with zero attached hydrogens (tertiary/aromatic N) is 1. The molecule has 0 saturated carbocycles. The quantitative estimate of drug-likeness (QED) is 0.745. The van der Waals surface area contributed by atoms with E-state index in [9.17, 15) is 0 Å². The van der Waals surface area contributed by atoms with E-state index in [1.54, 1.807) is 12.1 Å². The van der Waals surface area contributed by atoms with Crippen LogP contribution in [0.2, 0.25) is 0 Å². The highest BCUT2D eigenvalue weighted by atomic mass is 16.3. The topological polar surface area (TPSA) is 23.5 Å². The highest BCUT2D eigenvalue weighted by Crippen LogP contribution is 2.09. The molecule has 66 valence electrons. The zero-order chi connectivity index (χ0) is 14.0. The van der Waals surface area contributed by atoms with Crippen LogP contribution in [0.3, 0.4) is 0 Å². The summed E-state index contributed by atoms with van der Waals surface area (Å²) in [6.07, 6.45) is 0.289. The number of phenolic OH excluding ortho intramolecular Hbond substituents is 1. The highest BCUT2D eigenvalue weighted by Gasteiger charge is 1.94. The van der Waals surface area contributed by atoms with Gasteiger partial charge in [-0.25, -0.2) is 0 Å². The first-order valence-electron chi connectivity index (χ1n) is 6.66. The summed E-state index contributed by atoms with van der Waals surface area (Å²) < 4.78 is 43.2. The third-order valence-corrected chi connectivity index (χ3v) is 1.56. The fourth-order valence-electron chi connectivity index (χ4n) is 0.904. The molecule has 1 aromatic carbocycles. The molecule has 1 rings (SSSR count). The molecule has 0 spiro atoms. The zero-order valence-electron chi connectivity index (χ0n) is 12.6. The molecular weight excluding hydrogens is 150 g/mol. The summed E-state index contributed by atoms with van der Waals surface area (Å²) in [4.78, 5) is 0.521. The predicted octanol–water partition coefficient (Wildman–Crippen LogP) is 1.50. The van der Waals surface area contributed by atoms with E-state index < -0.39 is 14.0 Å². The van der Waals surface area contributed by atoms with Gasteiger partial charge in [0.25, 0.3) is 0 Å². The molecule has 0 unspecified atom stereocenters. The van der Waals surface area contributed by atoms with Crippen molar-refractivity contribution in [1.29, 1.82) is 0 Å². The molecule has 2 nitrogen and oxygen atoms in total. The summed E-state index contributed by atoms with van der Waals surface area (Å²) in [5, 5.41) is 9.10. The van der Waals surface area contributed by atoms with Crippen LogP contribution in [0.15, 0.2) is 24.3 Å². The standard InChI is InChI=1S/C10H15NO/c1-11(2)8-7-9-3-5-10(12)6-4-9/h3-6,12H,7-8H2,1-2H3/i1D3,2D3. The molecule has 0 atom stereocenters. The zero-order valence-corrected chi connectivity index (χ0v) is 6.62. The molecule has 0 fully saturated rings. The summed E-state index contributed by atoms with van der Waals surface area (Å²) in [5.74, 6) is 0.113. The van der Waals surface area contributed by atoms with E-state index in [2.05, 4.69) is 0 Å². The number of benzene rings is 1. The van der Waals surface area contributed by atoms with Crippen molar-refractivity contribution in [2.24, 2.45) is 0 Å². The molecular formula is C10H15NO. The lowest BCUT2D eigenvalue weighted by molar-refractivity contribution is 0.413. The van der Waals surface area contributed by atoms with Crippen molar-refractivity contribution in [1.82, 2.24) is 4.90 Å². The number of hydrogen-bond acceptors (Lipinski definition) is 2. The van der Waals surface area contributed by atoms with Gasteiger partial charge in [-0.2, -0.15) is 0 Å². The van der Waals surface area contributed by atoms with Gasteiger partial charge in [0.1, 0.15) is 5.75 Å². The van der Waals surface area contributed by atoms with Gasteiger partial charge in [-0.15, -0.1) is 0 Å². The van der Waals surface area contributed by atoms with Crippen LogP contribution in [-0.4, -0.2) is 30.5 Å². The summed E-state index contributed by atoms with van der Waals surface area (Å²) in [6.45, 7) is -5.40. The fraction of sp³-hybridized carbons (Fsp3) is 0.400. The lowest BCUT2D eigenvalue weighted by atomic mass is 10.1. The number of hydrogen-bond donors (Lipinski definition) is 1. The summed E-state index contributed by atoms with van der Waals surface area (Å²) in [5.41, 5.74) is 0.770. The average Bonchev–Trinajstić information content (AvgIpc) is 2.17. The van der Waals surface area contributed by atoms with Gasteiger partial charge in [-0.1, -0.05) is 12.1 Å². The highest BCUT2D eigenvalue weighted by molar-refractivity contribution is 5.25. The van der Waals surface area contributed by atoms with Crippen LogP contribution in [0.4, 0.5) is 0 Å². The molecule has 0 bridgehead atoms. The minimum atomic E-state index is -2.65. The van der Waals surface area contributed by atoms with E-state index in [0.29, 0.717) is 4.90 Å². The van der Waals surface area contributed by atoms with Crippen LogP contribution in [0.1, 0.15) is 13.8 Å². The lowest BCUT2D eigenvalue weighted by Crippen LogP contribution is -2.14. The van der Waals surface area contributed by atoms with Gasteiger partial charge in [0.2, 0.25) is 0 Å². The minimum absolute atomic E-state index is 0.0994. The Balaban J connectivity index is 2.72. The molecule has 2 heteroatoms. The second-order valence-electron chi connectivity index (χ2n) is 2.57. The van der Waals surface area contributed by atoms with Crippen molar-refractivity contribution in [3.63, 3.8) is 0 Å². The minimum Gasteiger partial charge on any atom is -0.508 e. The number of likely N-dealkylation sites (N-methyl/N-ethyl adjacent to an activating group) is 1. The third kappa shape index (κ3) is 2.93. The maximum Gasteiger partial charge on any atom is 0.115 e. The van der Waals surface area contributed by atoms with Crippen molar-refractivity contribution in [2.45, 2.75) is 6.42 Å². The number of rotatable bonds is 3. The average molecular weight is 171 g/mol. The molecule has 0 aliphatic heterocycles. The van der Waals surface area contributed by atoms with Crippen LogP contribution in [0.5, 0.6) is 5.75 Å². The monoisotopic (exact) mass is 171 g/mol. The van der Waals surface area contributed by atoms with Crippen molar-refractivity contribution in [2.75, 3.05) is 20.5 Å². The van der Waals surface area contributed by atoms with E-state index >= 15 is 0 Å². The van der Waals surface area contributed by atoms with Gasteiger partial charge in [0, 0.05) is 14.8 Å². The van der Waals surface area contributed by atoms with E-state index in [1.807, 2.05) is 0 Å². The van der Waals surface area contributed by atoms with Crippen LogP contribution in [0, 0.1) is 0 Å². The van der Waals surface area contributed by atoms with Crippen molar-refractivity contribution >= 4 is 0 Å². The van der Waals surface area contributed by atoms with E-state index in [1.165, 1.54) is 12.1 Å². The first kappa shape index (κ1) is 3.79. The van der Waals surface area contributed by atoms with Crippen LogP contribution in [0.25, 0.3) is 0 Å². The maximum atomic E-state index is 9.10. The van der Waals surface area contributed by atoms with Crippen molar-refractivity contribution in [3.8, 4) is 5.75 Å². The molecule has 1 N–H and O–H groups in total. The van der Waals surface area contributed by atoms with Gasteiger partial charge in [-0.3, -0.25) is 0 Å². The SMILES string of the molecule is [2H]C([2H])([2H])N(CCc1ccc(O)cc1)C([2H])([2H])[2H]. The van der Waals surface area contributed by atoms with Gasteiger partial charge in [0.15, 0.2) is 0 Å². The van der Waals surface area contributed by atoms with Crippen molar-refractivity contribution in [3.05, 3.63) is 29.8 Å². The molecule has 0 saturated heterocycles. The first-order valence-corrected chi connectivity index (χ1v) is 3.66. The van der Waals surface area contributed by atoms with E-state index in [-0.39, 0.29) is 18.7 Å². The summed E-state index contributed by atoms with van der Waals surface area (Å²) >= 11 is 0. The second-order valence-corrected chi connectivity index (χ2v) is 2.57. The van der Waals surface area contributed by atoms with Gasteiger partial charge in [-0.05, 0) is 38.1 Å². The Hall–Kier alpha value is -1.02. The van der Waals surface area contributed by atoms with Crippen LogP contribution >= 0.6 is 0 Å². The Morgan fingerprint density at radius 3 is 2.58 bits per heavy atom. The number of phenols is 1. The molecule has 1 aromatic rings. The summed E-state index contributed by atoms with van der Waals surface area (Å²) in [7, 11) is 0. The van der Waals surface area contributed by atoms with E-state index in [0.717, 1.165) is 5.56 Å². The van der Waals surface area contributed by atoms with Gasteiger partial charge in [0.05, 0.1) is 0 Å². The second kappa shape index (κ2) is 4.12. The third-order valence-electron chi connectivity index (χ3n) is 1.56. The first-order chi connectivity index (χ1) is 8.10. The molecule has 0 aliphatic carbocycles. The molecule has 0 aliphatic rings. The molecule has 0 amide bonds. The normalized spacial score (nSPS) is 20.1. The van der Waals surface area contributed by atoms with Crippen molar-refractivity contribution < 1.29 is 13.3 Å².